The Bertz CT molecular complexity index is 222. The van der Waals surface area contributed by atoms with Gasteiger partial charge >= 0.3 is 0 Å². The Labute approximate surface area is 101 Å². The maximum atomic E-state index is 8.97. The van der Waals surface area contributed by atoms with Gasteiger partial charge in [0.25, 0.3) is 0 Å². The summed E-state index contributed by atoms with van der Waals surface area (Å²) in [5.74, 6) is 0. The molecule has 0 aromatic heterocycles. The molecule has 0 aromatic rings. The predicted octanol–water partition coefficient (Wildman–Crippen LogP) is 2.52. The molecule has 0 aromatic carbocycles. The van der Waals surface area contributed by atoms with E-state index in [0.717, 1.165) is 32.4 Å². The highest BCUT2D eigenvalue weighted by molar-refractivity contribution is 5.03. The van der Waals surface area contributed by atoms with Crippen LogP contribution in [0.2, 0.25) is 0 Å². The smallest absolute Gasteiger partial charge is 0.104 e. The predicted molar refractivity (Wildman–Crippen MR) is 69.1 cm³/mol. The Morgan fingerprint density at radius 2 is 2.00 bits per heavy atom. The Morgan fingerprint density at radius 3 is 2.38 bits per heavy atom. The average molecular weight is 225 g/mol. The van der Waals surface area contributed by atoms with Crippen molar-refractivity contribution in [1.82, 2.24) is 4.90 Å². The van der Waals surface area contributed by atoms with Gasteiger partial charge in [-0.15, -0.1) is 0 Å². The molecule has 0 amide bonds. The zero-order valence-corrected chi connectivity index (χ0v) is 11.3. The van der Waals surface area contributed by atoms with E-state index >= 15 is 0 Å². The third kappa shape index (κ3) is 4.96. The van der Waals surface area contributed by atoms with Crippen LogP contribution >= 0.6 is 0 Å². The van der Waals surface area contributed by atoms with E-state index in [9.17, 15) is 0 Å². The van der Waals surface area contributed by atoms with Crippen LogP contribution in [0.5, 0.6) is 0 Å². The molecule has 3 nitrogen and oxygen atoms in total. The topological polar surface area (TPSA) is 53.0 Å². The quantitative estimate of drug-likeness (QED) is 0.690. The molecule has 2 atom stereocenters. The van der Waals surface area contributed by atoms with E-state index in [1.54, 1.807) is 0 Å². The highest BCUT2D eigenvalue weighted by Gasteiger charge is 2.21. The molecule has 0 aliphatic carbocycles. The van der Waals surface area contributed by atoms with Crippen LogP contribution in [-0.2, 0) is 0 Å². The normalized spacial score (nSPS) is 16.8. The van der Waals surface area contributed by atoms with Gasteiger partial charge in [0.2, 0.25) is 0 Å². The highest BCUT2D eigenvalue weighted by atomic mass is 15.1. The van der Waals surface area contributed by atoms with Gasteiger partial charge in [-0.2, -0.15) is 5.26 Å². The standard InChI is InChI=1S/C13H27N3/c1-5-12(4)16(7-3)10-8-9-13(15,6-2)11-14/h12H,5-10,15H2,1-4H3. The van der Waals surface area contributed by atoms with Gasteiger partial charge in [-0.3, -0.25) is 0 Å². The maximum Gasteiger partial charge on any atom is 0.104 e. The third-order valence-electron chi connectivity index (χ3n) is 3.54. The van der Waals surface area contributed by atoms with Gasteiger partial charge in [0, 0.05) is 6.04 Å². The number of rotatable bonds is 8. The first-order valence-electron chi connectivity index (χ1n) is 6.47. The minimum atomic E-state index is -0.616. The fraction of sp³-hybridized carbons (Fsp3) is 0.923. The van der Waals surface area contributed by atoms with Crippen molar-refractivity contribution in [3.05, 3.63) is 0 Å². The van der Waals surface area contributed by atoms with E-state index < -0.39 is 5.54 Å². The van der Waals surface area contributed by atoms with Crippen molar-refractivity contribution in [1.29, 1.82) is 5.26 Å². The van der Waals surface area contributed by atoms with Gasteiger partial charge in [-0.25, -0.2) is 0 Å². The number of hydrogen-bond donors (Lipinski definition) is 1. The largest absolute Gasteiger partial charge is 0.313 e. The SMILES string of the molecule is CCC(C)N(CC)CCCC(N)(C#N)CC. The monoisotopic (exact) mass is 225 g/mol. The number of nitrogens with two attached hydrogens (primary N) is 1. The van der Waals surface area contributed by atoms with E-state index in [2.05, 4.69) is 31.7 Å². The molecule has 0 bridgehead atoms. The summed E-state index contributed by atoms with van der Waals surface area (Å²) < 4.78 is 0. The molecule has 0 saturated heterocycles. The van der Waals surface area contributed by atoms with Crippen molar-refractivity contribution >= 4 is 0 Å². The molecule has 0 radical (unpaired) electrons. The third-order valence-corrected chi connectivity index (χ3v) is 3.54. The molecule has 3 heteroatoms. The Balaban J connectivity index is 4.01. The van der Waals surface area contributed by atoms with E-state index in [1.165, 1.54) is 6.42 Å². The number of nitrogens with zero attached hydrogens (tertiary/aromatic N) is 2. The Morgan fingerprint density at radius 1 is 1.38 bits per heavy atom. The summed E-state index contributed by atoms with van der Waals surface area (Å²) in [5.41, 5.74) is 5.34. The van der Waals surface area contributed by atoms with Crippen LogP contribution in [0.4, 0.5) is 0 Å². The van der Waals surface area contributed by atoms with Gasteiger partial charge in [-0.1, -0.05) is 20.8 Å². The molecule has 0 aliphatic rings. The second-order valence-corrected chi connectivity index (χ2v) is 4.61. The van der Waals surface area contributed by atoms with Crippen LogP contribution in [0, 0.1) is 11.3 Å². The minimum absolute atomic E-state index is 0.616. The fourth-order valence-electron chi connectivity index (χ4n) is 1.86. The van der Waals surface area contributed by atoms with Gasteiger partial charge in [-0.05, 0) is 45.7 Å². The molecule has 0 aliphatic heterocycles. The zero-order chi connectivity index (χ0) is 12.6. The Kier molecular flexibility index (Phi) is 7.36. The van der Waals surface area contributed by atoms with Gasteiger partial charge in [0.05, 0.1) is 6.07 Å². The molecule has 0 spiro atoms. The molecule has 0 heterocycles. The molecule has 0 saturated carbocycles. The minimum Gasteiger partial charge on any atom is -0.313 e. The molecule has 0 rings (SSSR count). The summed E-state index contributed by atoms with van der Waals surface area (Å²) in [6, 6.07) is 2.85. The Hall–Kier alpha value is -0.590. The van der Waals surface area contributed by atoms with Crippen LogP contribution in [-0.4, -0.2) is 29.6 Å². The molecule has 2 N–H and O–H groups in total. The second kappa shape index (κ2) is 7.65. The van der Waals surface area contributed by atoms with E-state index in [1.807, 2.05) is 6.92 Å². The summed E-state index contributed by atoms with van der Waals surface area (Å²) in [6.07, 6.45) is 3.72. The first-order valence-corrected chi connectivity index (χ1v) is 6.47. The van der Waals surface area contributed by atoms with Crippen molar-refractivity contribution in [2.45, 2.75) is 65.0 Å². The molecule has 16 heavy (non-hydrogen) atoms. The summed E-state index contributed by atoms with van der Waals surface area (Å²) in [4.78, 5) is 2.45. The number of hydrogen-bond acceptors (Lipinski definition) is 3. The maximum absolute atomic E-state index is 8.97. The van der Waals surface area contributed by atoms with Gasteiger partial charge in [0.15, 0.2) is 0 Å². The van der Waals surface area contributed by atoms with Crippen molar-refractivity contribution in [2.24, 2.45) is 5.73 Å². The summed E-state index contributed by atoms with van der Waals surface area (Å²) in [7, 11) is 0. The molecular formula is C13H27N3. The lowest BCUT2D eigenvalue weighted by atomic mass is 9.93. The summed E-state index contributed by atoms with van der Waals surface area (Å²) in [6.45, 7) is 10.8. The highest BCUT2D eigenvalue weighted by Crippen LogP contribution is 2.14. The molecule has 2 unspecified atom stereocenters. The second-order valence-electron chi connectivity index (χ2n) is 4.61. The molecular weight excluding hydrogens is 198 g/mol. The fourth-order valence-corrected chi connectivity index (χ4v) is 1.86. The van der Waals surface area contributed by atoms with Crippen molar-refractivity contribution in [3.8, 4) is 6.07 Å². The first kappa shape index (κ1) is 15.4. The average Bonchev–Trinajstić information content (AvgIpc) is 2.33. The van der Waals surface area contributed by atoms with Crippen molar-refractivity contribution in [2.75, 3.05) is 13.1 Å². The van der Waals surface area contributed by atoms with Crippen LogP contribution < -0.4 is 5.73 Å². The summed E-state index contributed by atoms with van der Waals surface area (Å²) in [5, 5.41) is 8.97. The van der Waals surface area contributed by atoms with Gasteiger partial charge < -0.3 is 10.6 Å². The molecule has 0 fully saturated rings. The van der Waals surface area contributed by atoms with Crippen molar-refractivity contribution in [3.63, 3.8) is 0 Å². The van der Waals surface area contributed by atoms with Crippen LogP contribution in [0.3, 0.4) is 0 Å². The van der Waals surface area contributed by atoms with Crippen LogP contribution in [0.1, 0.15) is 53.4 Å². The summed E-state index contributed by atoms with van der Waals surface area (Å²) >= 11 is 0. The van der Waals surface area contributed by atoms with Gasteiger partial charge in [0.1, 0.15) is 5.54 Å². The van der Waals surface area contributed by atoms with E-state index in [0.29, 0.717) is 6.04 Å². The van der Waals surface area contributed by atoms with E-state index in [4.69, 9.17) is 11.0 Å². The van der Waals surface area contributed by atoms with Crippen molar-refractivity contribution < 1.29 is 0 Å². The lowest BCUT2D eigenvalue weighted by Crippen LogP contribution is -2.39. The van der Waals surface area contributed by atoms with Crippen LogP contribution in [0.15, 0.2) is 0 Å². The molecule has 94 valence electrons. The van der Waals surface area contributed by atoms with Crippen LogP contribution in [0.25, 0.3) is 0 Å². The van der Waals surface area contributed by atoms with E-state index in [-0.39, 0.29) is 0 Å². The zero-order valence-electron chi connectivity index (χ0n) is 11.3. The lowest BCUT2D eigenvalue weighted by molar-refractivity contribution is 0.206. The first-order chi connectivity index (χ1) is 7.52. The number of nitriles is 1. The lowest BCUT2D eigenvalue weighted by Gasteiger charge is -2.28.